The summed E-state index contributed by atoms with van der Waals surface area (Å²) in [5.74, 6) is 1.02. The molecule has 0 N–H and O–H groups in total. The lowest BCUT2D eigenvalue weighted by Crippen LogP contribution is -2.18. The van der Waals surface area contributed by atoms with E-state index < -0.39 is 0 Å². The highest BCUT2D eigenvalue weighted by Crippen LogP contribution is 2.29. The molecule has 7 heteroatoms. The standard InChI is InChI=1S/C18H17N3O4/c1-20(11-22)17-13-6-4-5-7-15(13)21(19-17)18(23)14-9-8-12(24-2)10-16(14)25-3/h4-11H,1-3H3. The Bertz CT molecular complexity index is 949. The van der Waals surface area contributed by atoms with Gasteiger partial charge in [0, 0.05) is 18.5 Å². The van der Waals surface area contributed by atoms with Gasteiger partial charge in [-0.2, -0.15) is 4.68 Å². The molecule has 0 bridgehead atoms. The van der Waals surface area contributed by atoms with E-state index in [9.17, 15) is 9.59 Å². The molecule has 1 amide bonds. The number of aromatic nitrogens is 2. The number of amides is 1. The maximum atomic E-state index is 13.0. The summed E-state index contributed by atoms with van der Waals surface area (Å²) >= 11 is 0. The number of para-hydroxylation sites is 1. The molecule has 3 rings (SSSR count). The highest BCUT2D eigenvalue weighted by atomic mass is 16.5. The molecule has 0 saturated heterocycles. The number of hydrogen-bond donors (Lipinski definition) is 0. The van der Waals surface area contributed by atoms with Crippen LogP contribution in [0.1, 0.15) is 10.4 Å². The van der Waals surface area contributed by atoms with Crippen molar-refractivity contribution in [1.82, 2.24) is 9.78 Å². The van der Waals surface area contributed by atoms with Crippen molar-refractivity contribution < 1.29 is 19.1 Å². The minimum Gasteiger partial charge on any atom is -0.497 e. The van der Waals surface area contributed by atoms with E-state index in [2.05, 4.69) is 5.10 Å². The van der Waals surface area contributed by atoms with Gasteiger partial charge >= 0.3 is 0 Å². The fraction of sp³-hybridized carbons (Fsp3) is 0.167. The molecule has 0 saturated carbocycles. The maximum absolute atomic E-state index is 13.0. The Morgan fingerprint density at radius 1 is 1.16 bits per heavy atom. The average Bonchev–Trinajstić information content (AvgIpc) is 3.06. The van der Waals surface area contributed by atoms with Crippen LogP contribution in [-0.4, -0.2) is 43.4 Å². The molecule has 7 nitrogen and oxygen atoms in total. The molecule has 0 aliphatic rings. The Morgan fingerprint density at radius 3 is 2.60 bits per heavy atom. The molecule has 0 unspecified atom stereocenters. The average molecular weight is 339 g/mol. The molecule has 2 aromatic carbocycles. The fourth-order valence-corrected chi connectivity index (χ4v) is 2.60. The molecule has 1 heterocycles. The van der Waals surface area contributed by atoms with Gasteiger partial charge in [0.15, 0.2) is 5.82 Å². The van der Waals surface area contributed by atoms with Gasteiger partial charge in [-0.25, -0.2) is 0 Å². The van der Waals surface area contributed by atoms with Gasteiger partial charge in [-0.05, 0) is 24.3 Å². The van der Waals surface area contributed by atoms with Crippen LogP contribution in [0, 0.1) is 0 Å². The van der Waals surface area contributed by atoms with Gasteiger partial charge in [0.25, 0.3) is 5.91 Å². The summed E-state index contributed by atoms with van der Waals surface area (Å²) in [5.41, 5.74) is 0.950. The third kappa shape index (κ3) is 2.80. The summed E-state index contributed by atoms with van der Waals surface area (Å²) in [5, 5.41) is 5.04. The zero-order chi connectivity index (χ0) is 18.0. The van der Waals surface area contributed by atoms with Crippen molar-refractivity contribution in [3.8, 4) is 11.5 Å². The minimum absolute atomic E-state index is 0.344. The molecule has 1 aromatic heterocycles. The summed E-state index contributed by atoms with van der Waals surface area (Å²) in [6, 6.07) is 12.2. The van der Waals surface area contributed by atoms with E-state index in [-0.39, 0.29) is 5.91 Å². The zero-order valence-corrected chi connectivity index (χ0v) is 14.1. The van der Waals surface area contributed by atoms with Gasteiger partial charge in [0.2, 0.25) is 6.41 Å². The van der Waals surface area contributed by atoms with E-state index in [1.54, 1.807) is 38.4 Å². The molecule has 0 fully saturated rings. The molecule has 25 heavy (non-hydrogen) atoms. The predicted molar refractivity (Wildman–Crippen MR) is 93.5 cm³/mol. The molecular formula is C18H17N3O4. The summed E-state index contributed by atoms with van der Waals surface area (Å²) in [4.78, 5) is 25.5. The number of ether oxygens (including phenoxy) is 2. The molecule has 0 spiro atoms. The van der Waals surface area contributed by atoms with Gasteiger partial charge in [0.05, 0.1) is 25.3 Å². The monoisotopic (exact) mass is 339 g/mol. The maximum Gasteiger partial charge on any atom is 0.282 e. The number of rotatable bonds is 5. The van der Waals surface area contributed by atoms with Crippen LogP contribution < -0.4 is 14.4 Å². The van der Waals surface area contributed by atoms with E-state index in [1.165, 1.54) is 16.7 Å². The third-order valence-electron chi connectivity index (χ3n) is 3.89. The number of hydrogen-bond acceptors (Lipinski definition) is 5. The lowest BCUT2D eigenvalue weighted by Gasteiger charge is -2.10. The number of methoxy groups -OCH3 is 2. The number of fused-ring (bicyclic) bond motifs is 1. The van der Waals surface area contributed by atoms with Crippen LogP contribution in [0.2, 0.25) is 0 Å². The van der Waals surface area contributed by atoms with Crippen LogP contribution in [0.25, 0.3) is 10.9 Å². The fourth-order valence-electron chi connectivity index (χ4n) is 2.60. The molecule has 128 valence electrons. The first-order valence-corrected chi connectivity index (χ1v) is 7.53. The van der Waals surface area contributed by atoms with E-state index in [4.69, 9.17) is 9.47 Å². The van der Waals surface area contributed by atoms with Gasteiger partial charge in [0.1, 0.15) is 11.5 Å². The van der Waals surface area contributed by atoms with Crippen molar-refractivity contribution in [2.75, 3.05) is 26.2 Å². The second-order valence-electron chi connectivity index (χ2n) is 5.34. The first-order chi connectivity index (χ1) is 12.1. The Balaban J connectivity index is 2.17. The van der Waals surface area contributed by atoms with Gasteiger partial charge in [-0.3, -0.25) is 9.59 Å². The summed E-state index contributed by atoms with van der Waals surface area (Å²) in [6.07, 6.45) is 0.650. The first-order valence-electron chi connectivity index (χ1n) is 7.53. The highest BCUT2D eigenvalue weighted by molar-refractivity contribution is 6.06. The van der Waals surface area contributed by atoms with E-state index in [1.807, 2.05) is 18.2 Å². The highest BCUT2D eigenvalue weighted by Gasteiger charge is 2.21. The second-order valence-corrected chi connectivity index (χ2v) is 5.34. The van der Waals surface area contributed by atoms with E-state index in [0.717, 1.165) is 0 Å². The minimum atomic E-state index is -0.360. The number of carbonyl (C=O) groups excluding carboxylic acids is 2. The Labute approximate surface area is 144 Å². The van der Waals surface area contributed by atoms with E-state index >= 15 is 0 Å². The summed E-state index contributed by atoms with van der Waals surface area (Å²) < 4.78 is 11.7. The van der Waals surface area contributed by atoms with Gasteiger partial charge < -0.3 is 14.4 Å². The predicted octanol–water partition coefficient (Wildman–Crippen LogP) is 2.33. The SMILES string of the molecule is COc1ccc(C(=O)n2nc(N(C)C=O)c3ccccc32)c(OC)c1. The van der Waals surface area contributed by atoms with Crippen LogP contribution in [-0.2, 0) is 4.79 Å². The first kappa shape index (κ1) is 16.5. The lowest BCUT2D eigenvalue weighted by atomic mass is 10.1. The second kappa shape index (κ2) is 6.64. The summed E-state index contributed by atoms with van der Waals surface area (Å²) in [7, 11) is 4.61. The van der Waals surface area contributed by atoms with Crippen LogP contribution >= 0.6 is 0 Å². The molecule has 0 aliphatic heterocycles. The van der Waals surface area contributed by atoms with Crippen molar-refractivity contribution in [2.24, 2.45) is 0 Å². The van der Waals surface area contributed by atoms with Crippen molar-refractivity contribution in [1.29, 1.82) is 0 Å². The lowest BCUT2D eigenvalue weighted by molar-refractivity contribution is -0.107. The third-order valence-corrected chi connectivity index (χ3v) is 3.89. The number of nitrogens with zero attached hydrogens (tertiary/aromatic N) is 3. The Morgan fingerprint density at radius 2 is 1.92 bits per heavy atom. The molecule has 0 radical (unpaired) electrons. The summed E-state index contributed by atoms with van der Waals surface area (Å²) in [6.45, 7) is 0. The van der Waals surface area contributed by atoms with Crippen LogP contribution in [0.5, 0.6) is 11.5 Å². The quantitative estimate of drug-likeness (QED) is 0.667. The van der Waals surface area contributed by atoms with Crippen molar-refractivity contribution >= 4 is 29.0 Å². The topological polar surface area (TPSA) is 73.7 Å². The van der Waals surface area contributed by atoms with Crippen LogP contribution in [0.4, 0.5) is 5.82 Å². The van der Waals surface area contributed by atoms with Gasteiger partial charge in [-0.15, -0.1) is 5.10 Å². The molecule has 0 aliphatic carbocycles. The Kier molecular flexibility index (Phi) is 4.38. The normalized spacial score (nSPS) is 10.5. The van der Waals surface area contributed by atoms with Crippen LogP contribution in [0.15, 0.2) is 42.5 Å². The molecule has 0 atom stereocenters. The van der Waals surface area contributed by atoms with Crippen LogP contribution in [0.3, 0.4) is 0 Å². The largest absolute Gasteiger partial charge is 0.497 e. The zero-order valence-electron chi connectivity index (χ0n) is 14.1. The number of benzene rings is 2. The van der Waals surface area contributed by atoms with Crippen molar-refractivity contribution in [2.45, 2.75) is 0 Å². The number of carbonyl (C=O) groups is 2. The van der Waals surface area contributed by atoms with E-state index in [0.29, 0.717) is 40.2 Å². The molecular weight excluding hydrogens is 322 g/mol. The van der Waals surface area contributed by atoms with Crippen molar-refractivity contribution in [3.05, 3.63) is 48.0 Å². The molecule has 3 aromatic rings. The van der Waals surface area contributed by atoms with Crippen molar-refractivity contribution in [3.63, 3.8) is 0 Å². The Hall–Kier alpha value is -3.35. The van der Waals surface area contributed by atoms with Gasteiger partial charge in [-0.1, -0.05) is 12.1 Å². The number of anilines is 1. The smallest absolute Gasteiger partial charge is 0.282 e.